The maximum Gasteiger partial charge on any atom is 0.271 e. The van der Waals surface area contributed by atoms with Crippen molar-refractivity contribution >= 4 is 38.8 Å². The van der Waals surface area contributed by atoms with Crippen LogP contribution in [0.3, 0.4) is 0 Å². The molecule has 0 aliphatic rings. The lowest BCUT2D eigenvalue weighted by Gasteiger charge is -2.06. The molecule has 0 bridgehead atoms. The van der Waals surface area contributed by atoms with Crippen LogP contribution in [-0.2, 0) is 10.0 Å². The molecule has 0 fully saturated rings. The highest BCUT2D eigenvalue weighted by Crippen LogP contribution is 2.24. The molecule has 0 radical (unpaired) electrons. The predicted octanol–water partition coefficient (Wildman–Crippen LogP) is 3.58. The first-order chi connectivity index (χ1) is 8.51. The van der Waals surface area contributed by atoms with E-state index in [2.05, 4.69) is 4.72 Å². The number of nitrogens with one attached hydrogen (secondary N) is 1. The Bertz CT molecular complexity index is 630. The van der Waals surface area contributed by atoms with Crippen molar-refractivity contribution in [2.75, 3.05) is 11.0 Å². The van der Waals surface area contributed by atoms with E-state index in [0.29, 0.717) is 9.90 Å². The Morgan fingerprint density at radius 2 is 1.78 bits per heavy atom. The average Bonchev–Trinajstić information content (AvgIpc) is 2.77. The second-order valence-electron chi connectivity index (χ2n) is 3.70. The van der Waals surface area contributed by atoms with Gasteiger partial charge < -0.3 is 0 Å². The lowest BCUT2D eigenvalue weighted by Crippen LogP contribution is -2.11. The van der Waals surface area contributed by atoms with Crippen LogP contribution in [0, 0.1) is 6.92 Å². The molecule has 1 N–H and O–H groups in total. The molecule has 96 valence electrons. The van der Waals surface area contributed by atoms with Crippen LogP contribution in [0.4, 0.5) is 5.69 Å². The molecule has 0 atom stereocenters. The molecule has 0 amide bonds. The number of thioether (sulfide) groups is 1. The summed E-state index contributed by atoms with van der Waals surface area (Å²) in [6.45, 7) is 1.89. The summed E-state index contributed by atoms with van der Waals surface area (Å²) >= 11 is 2.89. The fraction of sp³-hybridized carbons (Fsp3) is 0.167. The van der Waals surface area contributed by atoms with Gasteiger partial charge in [0.2, 0.25) is 0 Å². The largest absolute Gasteiger partial charge is 0.279 e. The number of rotatable bonds is 4. The van der Waals surface area contributed by atoms with Crippen LogP contribution in [0.15, 0.2) is 45.5 Å². The first-order valence-electron chi connectivity index (χ1n) is 5.24. The number of sulfonamides is 1. The molecule has 0 saturated heterocycles. The molecule has 0 aliphatic heterocycles. The summed E-state index contributed by atoms with van der Waals surface area (Å²) in [6.07, 6.45) is 1.98. The fourth-order valence-electron chi connectivity index (χ4n) is 1.42. The Morgan fingerprint density at radius 1 is 1.11 bits per heavy atom. The molecule has 0 unspecified atom stereocenters. The topological polar surface area (TPSA) is 46.2 Å². The van der Waals surface area contributed by atoms with Gasteiger partial charge in [-0.15, -0.1) is 23.1 Å². The maximum absolute atomic E-state index is 12.1. The number of anilines is 1. The Labute approximate surface area is 115 Å². The smallest absolute Gasteiger partial charge is 0.271 e. The van der Waals surface area contributed by atoms with E-state index in [1.54, 1.807) is 36.0 Å². The van der Waals surface area contributed by atoms with E-state index in [1.807, 2.05) is 25.3 Å². The number of hydrogen-bond acceptors (Lipinski definition) is 4. The lowest BCUT2D eigenvalue weighted by atomic mass is 10.3. The molecule has 0 spiro atoms. The van der Waals surface area contributed by atoms with Crippen LogP contribution >= 0.6 is 23.1 Å². The molecule has 18 heavy (non-hydrogen) atoms. The number of hydrogen-bond donors (Lipinski definition) is 1. The molecule has 3 nitrogen and oxygen atoms in total. The average molecular weight is 299 g/mol. The van der Waals surface area contributed by atoms with Crippen molar-refractivity contribution in [1.29, 1.82) is 0 Å². The molecular weight excluding hydrogens is 286 g/mol. The van der Waals surface area contributed by atoms with Gasteiger partial charge in [0.1, 0.15) is 4.21 Å². The fourth-order valence-corrected chi connectivity index (χ4v) is 4.17. The molecule has 6 heteroatoms. The van der Waals surface area contributed by atoms with Gasteiger partial charge in [-0.3, -0.25) is 4.72 Å². The third kappa shape index (κ3) is 3.07. The van der Waals surface area contributed by atoms with E-state index >= 15 is 0 Å². The number of benzene rings is 1. The van der Waals surface area contributed by atoms with Gasteiger partial charge in [0.05, 0.1) is 0 Å². The van der Waals surface area contributed by atoms with Gasteiger partial charge in [-0.25, -0.2) is 8.42 Å². The highest BCUT2D eigenvalue weighted by atomic mass is 32.2. The van der Waals surface area contributed by atoms with Crippen molar-refractivity contribution in [3.05, 3.63) is 41.3 Å². The second kappa shape index (κ2) is 5.34. The summed E-state index contributed by atoms with van der Waals surface area (Å²) < 4.78 is 27.0. The van der Waals surface area contributed by atoms with E-state index in [9.17, 15) is 8.42 Å². The van der Waals surface area contributed by atoms with E-state index in [0.717, 1.165) is 9.77 Å². The lowest BCUT2D eigenvalue weighted by molar-refractivity contribution is 0.603. The zero-order valence-corrected chi connectivity index (χ0v) is 12.5. The van der Waals surface area contributed by atoms with Gasteiger partial charge in [0.15, 0.2) is 0 Å². The minimum absolute atomic E-state index is 0.342. The van der Waals surface area contributed by atoms with Gasteiger partial charge in [-0.05, 0) is 49.6 Å². The maximum atomic E-state index is 12.1. The van der Waals surface area contributed by atoms with Crippen LogP contribution in [0.2, 0.25) is 0 Å². The Balaban J connectivity index is 2.22. The minimum Gasteiger partial charge on any atom is -0.279 e. The number of thiophene rings is 1. The summed E-state index contributed by atoms with van der Waals surface area (Å²) in [7, 11) is -3.45. The summed E-state index contributed by atoms with van der Waals surface area (Å²) in [5.74, 6) is 0. The molecule has 2 aromatic rings. The molecule has 1 heterocycles. The molecule has 0 aliphatic carbocycles. The van der Waals surface area contributed by atoms with E-state index in [1.165, 1.54) is 11.3 Å². The predicted molar refractivity (Wildman–Crippen MR) is 78.1 cm³/mol. The summed E-state index contributed by atoms with van der Waals surface area (Å²) in [4.78, 5) is 2.08. The quantitative estimate of drug-likeness (QED) is 0.878. The minimum atomic E-state index is -3.45. The molecule has 0 saturated carbocycles. The van der Waals surface area contributed by atoms with Crippen molar-refractivity contribution in [1.82, 2.24) is 0 Å². The summed E-state index contributed by atoms with van der Waals surface area (Å²) in [5, 5.41) is 0. The van der Waals surface area contributed by atoms with E-state index in [-0.39, 0.29) is 0 Å². The zero-order valence-electron chi connectivity index (χ0n) is 10.0. The third-order valence-electron chi connectivity index (χ3n) is 2.32. The van der Waals surface area contributed by atoms with Gasteiger partial charge in [-0.2, -0.15) is 0 Å². The third-order valence-corrected chi connectivity index (χ3v) is 5.94. The number of aryl methyl sites for hydroxylation is 1. The Kier molecular flexibility index (Phi) is 3.99. The van der Waals surface area contributed by atoms with Crippen molar-refractivity contribution in [3.8, 4) is 0 Å². The summed E-state index contributed by atoms with van der Waals surface area (Å²) in [5.41, 5.74) is 0.582. The van der Waals surface area contributed by atoms with Crippen LogP contribution in [0.5, 0.6) is 0 Å². The molecule has 1 aromatic heterocycles. The van der Waals surface area contributed by atoms with Crippen molar-refractivity contribution in [2.24, 2.45) is 0 Å². The molecule has 2 rings (SSSR count). The van der Waals surface area contributed by atoms with E-state index in [4.69, 9.17) is 0 Å². The van der Waals surface area contributed by atoms with Crippen LogP contribution in [-0.4, -0.2) is 14.7 Å². The molecule has 1 aromatic carbocycles. The van der Waals surface area contributed by atoms with Gasteiger partial charge in [0, 0.05) is 15.5 Å². The van der Waals surface area contributed by atoms with Gasteiger partial charge in [0.25, 0.3) is 10.0 Å². The first-order valence-corrected chi connectivity index (χ1v) is 8.77. The zero-order chi connectivity index (χ0) is 13.2. The normalized spacial score (nSPS) is 11.4. The van der Waals surface area contributed by atoms with Gasteiger partial charge in [-0.1, -0.05) is 0 Å². The second-order valence-corrected chi connectivity index (χ2v) is 7.78. The Morgan fingerprint density at radius 3 is 2.28 bits per heavy atom. The highest BCUT2D eigenvalue weighted by molar-refractivity contribution is 7.98. The SMILES string of the molecule is CSc1ccc(NS(=O)(=O)c2ccc(C)s2)cc1. The Hall–Kier alpha value is -0.980. The monoisotopic (exact) mass is 299 g/mol. The highest BCUT2D eigenvalue weighted by Gasteiger charge is 2.15. The van der Waals surface area contributed by atoms with Crippen molar-refractivity contribution in [3.63, 3.8) is 0 Å². The van der Waals surface area contributed by atoms with Crippen LogP contribution in [0.25, 0.3) is 0 Å². The van der Waals surface area contributed by atoms with Crippen LogP contribution in [0.1, 0.15) is 4.88 Å². The van der Waals surface area contributed by atoms with E-state index < -0.39 is 10.0 Å². The van der Waals surface area contributed by atoms with Crippen LogP contribution < -0.4 is 4.72 Å². The summed E-state index contributed by atoms with van der Waals surface area (Å²) in [6, 6.07) is 10.7. The first kappa shape index (κ1) is 13.5. The van der Waals surface area contributed by atoms with Crippen molar-refractivity contribution < 1.29 is 8.42 Å². The van der Waals surface area contributed by atoms with Crippen molar-refractivity contribution in [2.45, 2.75) is 16.0 Å². The molecular formula is C12H13NO2S3. The standard InChI is InChI=1S/C12H13NO2S3/c1-9-3-8-12(17-9)18(14,15)13-10-4-6-11(16-2)7-5-10/h3-8,13H,1-2H3. The van der Waals surface area contributed by atoms with Gasteiger partial charge >= 0.3 is 0 Å².